The van der Waals surface area contributed by atoms with Crippen LogP contribution in [0.2, 0.25) is 0 Å². The Bertz CT molecular complexity index is 795. The van der Waals surface area contributed by atoms with E-state index in [1.807, 2.05) is 6.92 Å². The summed E-state index contributed by atoms with van der Waals surface area (Å²) in [5.41, 5.74) is 1.18. The average molecular weight is 401 g/mol. The third-order valence-corrected chi connectivity index (χ3v) is 4.68. The van der Waals surface area contributed by atoms with Gasteiger partial charge in [0.2, 0.25) is 0 Å². The molecule has 6 heteroatoms. The van der Waals surface area contributed by atoms with E-state index in [1.54, 1.807) is 56.7 Å². The number of hydrogen-bond donors (Lipinski definition) is 1. The Kier molecular flexibility index (Phi) is 7.91. The molecule has 0 saturated heterocycles. The molecule has 0 heterocycles. The van der Waals surface area contributed by atoms with Crippen LogP contribution in [0.5, 0.6) is 17.2 Å². The number of nitrogens with one attached hydrogen (secondary N) is 1. The predicted octanol–water partition coefficient (Wildman–Crippen LogP) is 4.80. The third kappa shape index (κ3) is 5.87. The number of rotatable bonds is 9. The number of benzene rings is 2. The predicted molar refractivity (Wildman–Crippen MR) is 116 cm³/mol. The lowest BCUT2D eigenvalue weighted by Gasteiger charge is -2.36. The normalized spacial score (nSPS) is 12.2. The second-order valence-corrected chi connectivity index (χ2v) is 7.40. The molecule has 2 rings (SSSR count). The fourth-order valence-corrected chi connectivity index (χ4v) is 3.47. The van der Waals surface area contributed by atoms with Crippen LogP contribution in [-0.4, -0.2) is 43.3 Å². The zero-order chi connectivity index (χ0) is 21.6. The minimum atomic E-state index is -0.206. The molecule has 0 aliphatic rings. The zero-order valence-electron chi connectivity index (χ0n) is 18.4. The second-order valence-electron chi connectivity index (χ2n) is 7.40. The Hall–Kier alpha value is -2.73. The summed E-state index contributed by atoms with van der Waals surface area (Å²) in [4.78, 5) is 14.8. The maximum atomic E-state index is 12.6. The number of amides is 1. The summed E-state index contributed by atoms with van der Waals surface area (Å²) >= 11 is 0. The fraction of sp³-hybridized carbons (Fsp3) is 0.435. The molecule has 0 bridgehead atoms. The van der Waals surface area contributed by atoms with Gasteiger partial charge in [-0.1, -0.05) is 0 Å². The first kappa shape index (κ1) is 22.6. The van der Waals surface area contributed by atoms with Gasteiger partial charge in [0.15, 0.2) is 11.5 Å². The van der Waals surface area contributed by atoms with Crippen molar-refractivity contribution in [1.29, 1.82) is 0 Å². The first-order chi connectivity index (χ1) is 13.8. The minimum Gasteiger partial charge on any atom is -0.497 e. The van der Waals surface area contributed by atoms with Crippen molar-refractivity contribution in [1.82, 2.24) is 4.90 Å². The summed E-state index contributed by atoms with van der Waals surface area (Å²) in [6.45, 7) is 10.6. The van der Waals surface area contributed by atoms with Crippen molar-refractivity contribution in [3.05, 3.63) is 48.0 Å². The molecule has 0 aromatic heterocycles. The van der Waals surface area contributed by atoms with Crippen molar-refractivity contribution >= 4 is 11.6 Å². The minimum absolute atomic E-state index is 0.156. The van der Waals surface area contributed by atoms with Crippen LogP contribution >= 0.6 is 0 Å². The molecule has 1 unspecified atom stereocenters. The summed E-state index contributed by atoms with van der Waals surface area (Å²) in [5, 5.41) is 2.91. The number of methoxy groups -OCH3 is 2. The van der Waals surface area contributed by atoms with Gasteiger partial charge in [-0.05, 0) is 71.0 Å². The number of anilines is 1. The third-order valence-electron chi connectivity index (χ3n) is 4.68. The van der Waals surface area contributed by atoms with Gasteiger partial charge < -0.3 is 19.5 Å². The van der Waals surface area contributed by atoms with Crippen LogP contribution in [0.25, 0.3) is 0 Å². The van der Waals surface area contributed by atoms with Crippen molar-refractivity contribution in [2.75, 3.05) is 19.5 Å². The van der Waals surface area contributed by atoms with Gasteiger partial charge in [-0.3, -0.25) is 9.69 Å². The fourth-order valence-electron chi connectivity index (χ4n) is 3.47. The van der Waals surface area contributed by atoms with E-state index in [0.29, 0.717) is 40.6 Å². The van der Waals surface area contributed by atoms with Gasteiger partial charge in [0, 0.05) is 29.4 Å². The zero-order valence-corrected chi connectivity index (χ0v) is 18.4. The van der Waals surface area contributed by atoms with E-state index in [1.165, 1.54) is 0 Å². The van der Waals surface area contributed by atoms with Gasteiger partial charge in [0.25, 0.3) is 5.91 Å². The molecule has 2 aromatic rings. The van der Waals surface area contributed by atoms with Crippen LogP contribution in [0.4, 0.5) is 5.69 Å². The molecule has 1 N–H and O–H groups in total. The Morgan fingerprint density at radius 3 is 2.00 bits per heavy atom. The first-order valence-corrected chi connectivity index (χ1v) is 9.84. The quantitative estimate of drug-likeness (QED) is 0.613. The molecule has 2 aromatic carbocycles. The molecule has 0 fully saturated rings. The SMILES string of the molecule is COc1ccc(C(=O)Nc2ccc(OC)c(OC(C)N(C(C)C)C(C)C)c2)cc1. The molecular formula is C23H32N2O4. The van der Waals surface area contributed by atoms with E-state index in [4.69, 9.17) is 14.2 Å². The largest absolute Gasteiger partial charge is 0.497 e. The summed E-state index contributed by atoms with van der Waals surface area (Å²) in [6.07, 6.45) is -0.156. The van der Waals surface area contributed by atoms with Crippen LogP contribution in [0.1, 0.15) is 45.0 Å². The molecule has 0 aliphatic carbocycles. The van der Waals surface area contributed by atoms with Crippen LogP contribution in [0.15, 0.2) is 42.5 Å². The van der Waals surface area contributed by atoms with E-state index in [2.05, 4.69) is 37.9 Å². The maximum absolute atomic E-state index is 12.6. The molecule has 1 atom stereocenters. The first-order valence-electron chi connectivity index (χ1n) is 9.84. The Morgan fingerprint density at radius 2 is 1.48 bits per heavy atom. The molecule has 6 nitrogen and oxygen atoms in total. The average Bonchev–Trinajstić information content (AvgIpc) is 2.67. The second kappa shape index (κ2) is 10.2. The summed E-state index contributed by atoms with van der Waals surface area (Å²) in [5.74, 6) is 1.70. The van der Waals surface area contributed by atoms with Crippen molar-refractivity contribution in [2.24, 2.45) is 0 Å². The molecular weight excluding hydrogens is 368 g/mol. The molecule has 1 amide bonds. The number of carbonyl (C=O) groups excluding carboxylic acids is 1. The molecule has 0 saturated carbocycles. The van der Waals surface area contributed by atoms with Gasteiger partial charge in [-0.15, -0.1) is 0 Å². The highest BCUT2D eigenvalue weighted by Crippen LogP contribution is 2.32. The topological polar surface area (TPSA) is 60.0 Å². The van der Waals surface area contributed by atoms with Crippen molar-refractivity contribution < 1.29 is 19.0 Å². The monoisotopic (exact) mass is 400 g/mol. The smallest absolute Gasteiger partial charge is 0.255 e. The number of ether oxygens (including phenoxy) is 3. The van der Waals surface area contributed by atoms with Gasteiger partial charge in [0.1, 0.15) is 12.0 Å². The molecule has 0 aliphatic heterocycles. The Labute approximate surface area is 173 Å². The van der Waals surface area contributed by atoms with Gasteiger partial charge in [-0.25, -0.2) is 0 Å². The number of nitrogens with zero attached hydrogens (tertiary/aromatic N) is 1. The van der Waals surface area contributed by atoms with E-state index in [0.717, 1.165) is 0 Å². The van der Waals surface area contributed by atoms with Crippen molar-refractivity contribution in [3.63, 3.8) is 0 Å². The van der Waals surface area contributed by atoms with Crippen LogP contribution in [-0.2, 0) is 0 Å². The van der Waals surface area contributed by atoms with Crippen LogP contribution in [0, 0.1) is 0 Å². The summed E-state index contributed by atoms with van der Waals surface area (Å²) < 4.78 is 16.8. The Balaban J connectivity index is 2.19. The molecule has 0 spiro atoms. The highest BCUT2D eigenvalue weighted by atomic mass is 16.5. The highest BCUT2D eigenvalue weighted by molar-refractivity contribution is 6.04. The van der Waals surface area contributed by atoms with E-state index in [-0.39, 0.29) is 12.1 Å². The van der Waals surface area contributed by atoms with E-state index in [9.17, 15) is 4.79 Å². The summed E-state index contributed by atoms with van der Waals surface area (Å²) in [6, 6.07) is 13.0. The summed E-state index contributed by atoms with van der Waals surface area (Å²) in [7, 11) is 3.19. The molecule has 29 heavy (non-hydrogen) atoms. The Morgan fingerprint density at radius 1 is 0.862 bits per heavy atom. The van der Waals surface area contributed by atoms with Crippen LogP contribution < -0.4 is 19.5 Å². The molecule has 0 radical (unpaired) electrons. The van der Waals surface area contributed by atoms with Crippen molar-refractivity contribution in [2.45, 2.75) is 52.9 Å². The lowest BCUT2D eigenvalue weighted by molar-refractivity contribution is -0.00690. The van der Waals surface area contributed by atoms with Gasteiger partial charge in [-0.2, -0.15) is 0 Å². The number of carbonyl (C=O) groups is 1. The van der Waals surface area contributed by atoms with Crippen LogP contribution in [0.3, 0.4) is 0 Å². The highest BCUT2D eigenvalue weighted by Gasteiger charge is 2.23. The van der Waals surface area contributed by atoms with E-state index < -0.39 is 0 Å². The molecule has 158 valence electrons. The van der Waals surface area contributed by atoms with Gasteiger partial charge >= 0.3 is 0 Å². The lowest BCUT2D eigenvalue weighted by Crippen LogP contribution is -2.46. The van der Waals surface area contributed by atoms with Gasteiger partial charge in [0.05, 0.1) is 14.2 Å². The standard InChI is InChI=1S/C23H32N2O4/c1-15(2)25(16(3)4)17(5)29-22-14-19(10-13-21(22)28-7)24-23(26)18-8-11-20(27-6)12-9-18/h8-17H,1-7H3,(H,24,26). The van der Waals surface area contributed by atoms with Crippen molar-refractivity contribution in [3.8, 4) is 17.2 Å². The number of hydrogen-bond acceptors (Lipinski definition) is 5. The van der Waals surface area contributed by atoms with E-state index >= 15 is 0 Å². The maximum Gasteiger partial charge on any atom is 0.255 e. The lowest BCUT2D eigenvalue weighted by atomic mass is 10.2.